The molecule has 0 atom stereocenters. The molecule has 6 heteroatoms. The lowest BCUT2D eigenvalue weighted by Gasteiger charge is -2.22. The number of nitrogens with one attached hydrogen (secondary N) is 2. The van der Waals surface area contributed by atoms with Crippen LogP contribution in [0.15, 0.2) is 29.6 Å². The van der Waals surface area contributed by atoms with Crippen LogP contribution < -0.4 is 10.7 Å². The monoisotopic (exact) mass is 302 g/mol. The lowest BCUT2D eigenvalue weighted by atomic mass is 9.95. The summed E-state index contributed by atoms with van der Waals surface area (Å²) < 4.78 is 0. The second-order valence-corrected chi connectivity index (χ2v) is 5.48. The molecule has 22 heavy (non-hydrogen) atoms. The number of hydrogen-bond acceptors (Lipinski definition) is 4. The van der Waals surface area contributed by atoms with Gasteiger partial charge in [-0.25, -0.2) is 5.43 Å². The summed E-state index contributed by atoms with van der Waals surface area (Å²) in [7, 11) is 0. The van der Waals surface area contributed by atoms with Gasteiger partial charge in [0.25, 0.3) is 0 Å². The number of nitrogens with zero attached hydrogens (tertiary/aromatic N) is 2. The van der Waals surface area contributed by atoms with Crippen molar-refractivity contribution in [2.45, 2.75) is 51.0 Å². The lowest BCUT2D eigenvalue weighted by molar-refractivity contribution is -0.126. The third kappa shape index (κ3) is 6.03. The molecule has 1 saturated carbocycles. The van der Waals surface area contributed by atoms with E-state index < -0.39 is 0 Å². The van der Waals surface area contributed by atoms with Gasteiger partial charge in [0.15, 0.2) is 0 Å². The zero-order chi connectivity index (χ0) is 15.6. The Labute approximate surface area is 130 Å². The van der Waals surface area contributed by atoms with E-state index in [2.05, 4.69) is 20.8 Å². The second-order valence-electron chi connectivity index (χ2n) is 5.48. The molecule has 1 aromatic heterocycles. The predicted molar refractivity (Wildman–Crippen MR) is 84.2 cm³/mol. The van der Waals surface area contributed by atoms with Crippen LogP contribution in [0.2, 0.25) is 0 Å². The maximum Gasteiger partial charge on any atom is 0.240 e. The molecule has 1 heterocycles. The van der Waals surface area contributed by atoms with Crippen LogP contribution in [0, 0.1) is 0 Å². The van der Waals surface area contributed by atoms with E-state index in [1.54, 1.807) is 18.5 Å². The van der Waals surface area contributed by atoms with E-state index >= 15 is 0 Å². The average Bonchev–Trinajstić information content (AvgIpc) is 2.55. The molecule has 1 aliphatic rings. The smallest absolute Gasteiger partial charge is 0.240 e. The summed E-state index contributed by atoms with van der Waals surface area (Å²) in [6.45, 7) is 0. The molecular weight excluding hydrogens is 280 g/mol. The Balaban J connectivity index is 1.62. The molecule has 2 rings (SSSR count). The predicted octanol–water partition coefficient (Wildman–Crippen LogP) is 1.76. The molecule has 0 saturated heterocycles. The van der Waals surface area contributed by atoms with Crippen LogP contribution in [0.3, 0.4) is 0 Å². The minimum Gasteiger partial charge on any atom is -0.353 e. The van der Waals surface area contributed by atoms with Gasteiger partial charge in [-0.15, -0.1) is 0 Å². The first-order valence-electron chi connectivity index (χ1n) is 7.75. The molecule has 1 fully saturated rings. The van der Waals surface area contributed by atoms with Gasteiger partial charge in [-0.3, -0.25) is 14.6 Å². The van der Waals surface area contributed by atoms with Crippen LogP contribution in [0.25, 0.3) is 0 Å². The number of carbonyl (C=O) groups excluding carboxylic acids is 2. The van der Waals surface area contributed by atoms with Crippen molar-refractivity contribution in [2.75, 3.05) is 0 Å². The topological polar surface area (TPSA) is 83.5 Å². The van der Waals surface area contributed by atoms with Crippen molar-refractivity contribution in [3.8, 4) is 0 Å². The summed E-state index contributed by atoms with van der Waals surface area (Å²) in [6, 6.07) is 3.91. The molecule has 0 unspecified atom stereocenters. The van der Waals surface area contributed by atoms with Crippen molar-refractivity contribution < 1.29 is 9.59 Å². The Hall–Kier alpha value is -2.24. The van der Waals surface area contributed by atoms with Gasteiger partial charge in [0.05, 0.1) is 6.21 Å². The van der Waals surface area contributed by atoms with Crippen LogP contribution in [-0.4, -0.2) is 29.1 Å². The summed E-state index contributed by atoms with van der Waals surface area (Å²) in [5.74, 6) is -0.322. The highest BCUT2D eigenvalue weighted by Crippen LogP contribution is 2.17. The van der Waals surface area contributed by atoms with Gasteiger partial charge in [-0.2, -0.15) is 5.10 Å². The molecule has 118 valence electrons. The molecule has 0 radical (unpaired) electrons. The summed E-state index contributed by atoms with van der Waals surface area (Å²) >= 11 is 0. The van der Waals surface area contributed by atoms with Crippen molar-refractivity contribution in [3.05, 3.63) is 30.1 Å². The standard InChI is InChI=1S/C16H22N4O2/c21-15(19-14-6-2-1-3-7-14)8-9-16(22)20-18-12-13-5-4-10-17-11-13/h4-5,10-12,14H,1-3,6-9H2,(H,19,21)(H,20,22)/b18-12+. The minimum atomic E-state index is -0.265. The van der Waals surface area contributed by atoms with E-state index in [1.807, 2.05) is 6.07 Å². The van der Waals surface area contributed by atoms with Crippen molar-refractivity contribution in [1.82, 2.24) is 15.7 Å². The number of rotatable bonds is 6. The average molecular weight is 302 g/mol. The molecule has 6 nitrogen and oxygen atoms in total. The number of aromatic nitrogens is 1. The quantitative estimate of drug-likeness (QED) is 0.620. The highest BCUT2D eigenvalue weighted by molar-refractivity contribution is 5.85. The SMILES string of the molecule is O=C(CCC(=O)NC1CCCCC1)N/N=C/c1cccnc1. The fraction of sp³-hybridized carbons (Fsp3) is 0.500. The Bertz CT molecular complexity index is 510. The molecular formula is C16H22N4O2. The van der Waals surface area contributed by atoms with Crippen molar-refractivity contribution in [3.63, 3.8) is 0 Å². The highest BCUT2D eigenvalue weighted by Gasteiger charge is 2.15. The summed E-state index contributed by atoms with van der Waals surface area (Å²) in [5, 5.41) is 6.83. The van der Waals surface area contributed by atoms with E-state index in [0.717, 1.165) is 18.4 Å². The number of hydrazone groups is 1. The van der Waals surface area contributed by atoms with E-state index in [-0.39, 0.29) is 30.7 Å². The van der Waals surface area contributed by atoms with Crippen LogP contribution in [0.5, 0.6) is 0 Å². The molecule has 0 bridgehead atoms. The highest BCUT2D eigenvalue weighted by atomic mass is 16.2. The Morgan fingerprint density at radius 1 is 1.23 bits per heavy atom. The number of hydrogen-bond donors (Lipinski definition) is 2. The van der Waals surface area contributed by atoms with Gasteiger partial charge in [0.2, 0.25) is 11.8 Å². The van der Waals surface area contributed by atoms with Crippen LogP contribution in [0.4, 0.5) is 0 Å². The zero-order valence-electron chi connectivity index (χ0n) is 12.6. The molecule has 2 N–H and O–H groups in total. The van der Waals surface area contributed by atoms with Crippen molar-refractivity contribution in [2.24, 2.45) is 5.10 Å². The fourth-order valence-corrected chi connectivity index (χ4v) is 2.46. The Kier molecular flexibility index (Phi) is 6.54. The van der Waals surface area contributed by atoms with Crippen LogP contribution >= 0.6 is 0 Å². The second kappa shape index (κ2) is 8.92. The van der Waals surface area contributed by atoms with Gasteiger partial charge < -0.3 is 5.32 Å². The van der Waals surface area contributed by atoms with Crippen molar-refractivity contribution in [1.29, 1.82) is 0 Å². The fourth-order valence-electron chi connectivity index (χ4n) is 2.46. The first-order valence-corrected chi connectivity index (χ1v) is 7.75. The van der Waals surface area contributed by atoms with Crippen LogP contribution in [-0.2, 0) is 9.59 Å². The van der Waals surface area contributed by atoms with Gasteiger partial charge in [0, 0.05) is 36.8 Å². The molecule has 0 aliphatic heterocycles. The summed E-state index contributed by atoms with van der Waals surface area (Å²) in [4.78, 5) is 27.3. The van der Waals surface area contributed by atoms with Crippen LogP contribution in [0.1, 0.15) is 50.5 Å². The maximum atomic E-state index is 11.8. The molecule has 1 aromatic rings. The Morgan fingerprint density at radius 2 is 2.00 bits per heavy atom. The van der Waals surface area contributed by atoms with E-state index in [4.69, 9.17) is 0 Å². The molecule has 2 amide bonds. The van der Waals surface area contributed by atoms with Gasteiger partial charge in [-0.1, -0.05) is 25.3 Å². The Morgan fingerprint density at radius 3 is 2.73 bits per heavy atom. The van der Waals surface area contributed by atoms with Gasteiger partial charge in [-0.05, 0) is 18.9 Å². The largest absolute Gasteiger partial charge is 0.353 e. The number of pyridine rings is 1. The van der Waals surface area contributed by atoms with Gasteiger partial charge in [0.1, 0.15) is 0 Å². The number of carbonyl (C=O) groups is 2. The van der Waals surface area contributed by atoms with E-state index in [0.29, 0.717) is 0 Å². The van der Waals surface area contributed by atoms with Gasteiger partial charge >= 0.3 is 0 Å². The van der Waals surface area contributed by atoms with Crippen molar-refractivity contribution >= 4 is 18.0 Å². The normalized spacial score (nSPS) is 15.6. The van der Waals surface area contributed by atoms with E-state index in [1.165, 1.54) is 25.5 Å². The van der Waals surface area contributed by atoms with E-state index in [9.17, 15) is 9.59 Å². The number of amides is 2. The molecule has 0 spiro atoms. The third-order valence-corrected chi connectivity index (χ3v) is 3.64. The first-order chi connectivity index (χ1) is 10.7. The minimum absolute atomic E-state index is 0.0571. The lowest BCUT2D eigenvalue weighted by Crippen LogP contribution is -2.36. The third-order valence-electron chi connectivity index (χ3n) is 3.64. The maximum absolute atomic E-state index is 11.8. The molecule has 0 aromatic carbocycles. The summed E-state index contributed by atoms with van der Waals surface area (Å²) in [5.41, 5.74) is 3.22. The molecule has 1 aliphatic carbocycles. The summed E-state index contributed by atoms with van der Waals surface area (Å²) in [6.07, 6.45) is 10.9. The zero-order valence-corrected chi connectivity index (χ0v) is 12.6. The first kappa shape index (κ1) is 16.1.